The lowest BCUT2D eigenvalue weighted by Gasteiger charge is -2.06. The molecule has 5 heteroatoms. The van der Waals surface area contributed by atoms with Gasteiger partial charge in [0.15, 0.2) is 6.29 Å². The van der Waals surface area contributed by atoms with Gasteiger partial charge in [-0.15, -0.1) is 0 Å². The minimum Gasteiger partial charge on any atom is -0.435 e. The van der Waals surface area contributed by atoms with E-state index in [2.05, 4.69) is 9.72 Å². The number of aliphatic hydroxyl groups is 1. The van der Waals surface area contributed by atoms with E-state index in [-0.39, 0.29) is 6.54 Å². The summed E-state index contributed by atoms with van der Waals surface area (Å²) in [5, 5.41) is 8.68. The first kappa shape index (κ1) is 8.73. The summed E-state index contributed by atoms with van der Waals surface area (Å²) in [5.41, 5.74) is 0. The second-order valence-electron chi connectivity index (χ2n) is 2.32. The molecule has 0 aliphatic heterocycles. The highest BCUT2D eigenvalue weighted by molar-refractivity contribution is 5.69. The van der Waals surface area contributed by atoms with Crippen molar-refractivity contribution in [3.05, 3.63) is 18.7 Å². The first-order chi connectivity index (χ1) is 5.68. The summed E-state index contributed by atoms with van der Waals surface area (Å²) >= 11 is 0. The number of rotatable bonds is 3. The van der Waals surface area contributed by atoms with Crippen molar-refractivity contribution in [1.29, 1.82) is 0 Å². The van der Waals surface area contributed by atoms with Gasteiger partial charge in [0, 0.05) is 12.4 Å². The van der Waals surface area contributed by atoms with Gasteiger partial charge >= 0.3 is 5.97 Å². The van der Waals surface area contributed by atoms with E-state index in [1.165, 1.54) is 13.3 Å². The van der Waals surface area contributed by atoms with Crippen molar-refractivity contribution >= 4 is 5.97 Å². The minimum absolute atomic E-state index is 0.0743. The molecule has 0 amide bonds. The van der Waals surface area contributed by atoms with Crippen LogP contribution >= 0.6 is 0 Å². The molecule has 0 fully saturated rings. The smallest absolute Gasteiger partial charge is 0.328 e. The Balaban J connectivity index is 2.37. The van der Waals surface area contributed by atoms with Crippen LogP contribution in [0.3, 0.4) is 0 Å². The molecule has 0 saturated heterocycles. The topological polar surface area (TPSA) is 64.3 Å². The largest absolute Gasteiger partial charge is 0.435 e. The number of hydrogen-bond donors (Lipinski definition) is 1. The Hall–Kier alpha value is -1.36. The van der Waals surface area contributed by atoms with Gasteiger partial charge in [0.25, 0.3) is 0 Å². The first-order valence-electron chi connectivity index (χ1n) is 3.52. The van der Waals surface area contributed by atoms with E-state index < -0.39 is 12.3 Å². The van der Waals surface area contributed by atoms with Crippen LogP contribution < -0.4 is 0 Å². The number of hydrogen-bond acceptors (Lipinski definition) is 4. The number of aliphatic hydroxyl groups excluding tert-OH is 1. The summed E-state index contributed by atoms with van der Waals surface area (Å²) in [6, 6.07) is 0. The number of carbonyl (C=O) groups excluding carboxylic acids is 1. The second-order valence-corrected chi connectivity index (χ2v) is 2.32. The van der Waals surface area contributed by atoms with Crippen molar-refractivity contribution in [1.82, 2.24) is 9.55 Å². The van der Waals surface area contributed by atoms with E-state index in [1.807, 2.05) is 0 Å². The average molecular weight is 170 g/mol. The van der Waals surface area contributed by atoms with Crippen molar-refractivity contribution in [3.8, 4) is 0 Å². The van der Waals surface area contributed by atoms with Crippen LogP contribution in [-0.4, -0.2) is 26.9 Å². The fourth-order valence-electron chi connectivity index (χ4n) is 0.757. The number of ether oxygens (including phenoxy) is 1. The maximum Gasteiger partial charge on any atom is 0.328 e. The normalized spacial score (nSPS) is 12.5. The molecule has 1 aromatic rings. The maximum absolute atomic E-state index is 10.9. The summed E-state index contributed by atoms with van der Waals surface area (Å²) in [7, 11) is 0. The molecule has 0 bridgehead atoms. The van der Waals surface area contributed by atoms with E-state index in [4.69, 9.17) is 5.11 Å². The zero-order valence-corrected chi connectivity index (χ0v) is 6.67. The van der Waals surface area contributed by atoms with E-state index in [1.54, 1.807) is 17.0 Å². The predicted molar refractivity (Wildman–Crippen MR) is 40.0 cm³/mol. The molecule has 0 spiro atoms. The molecule has 0 aliphatic rings. The van der Waals surface area contributed by atoms with Crippen LogP contribution in [0.25, 0.3) is 0 Å². The Morgan fingerprint density at radius 1 is 1.83 bits per heavy atom. The van der Waals surface area contributed by atoms with E-state index >= 15 is 0 Å². The third kappa shape index (κ3) is 2.71. The van der Waals surface area contributed by atoms with E-state index in [0.29, 0.717) is 0 Å². The lowest BCUT2D eigenvalue weighted by Crippen LogP contribution is -2.18. The van der Waals surface area contributed by atoms with Gasteiger partial charge in [-0.2, -0.15) is 0 Å². The lowest BCUT2D eigenvalue weighted by atomic mass is 10.6. The van der Waals surface area contributed by atoms with Crippen LogP contribution in [-0.2, 0) is 16.1 Å². The van der Waals surface area contributed by atoms with Crippen molar-refractivity contribution < 1.29 is 14.6 Å². The fourth-order valence-corrected chi connectivity index (χ4v) is 0.757. The minimum atomic E-state index is -1.05. The fraction of sp³-hybridized carbons (Fsp3) is 0.429. The number of aromatic nitrogens is 2. The van der Waals surface area contributed by atoms with Gasteiger partial charge in [0.1, 0.15) is 6.54 Å². The molecule has 5 nitrogen and oxygen atoms in total. The molecule has 66 valence electrons. The van der Waals surface area contributed by atoms with Gasteiger partial charge in [-0.25, -0.2) is 4.98 Å². The zero-order chi connectivity index (χ0) is 8.97. The highest BCUT2D eigenvalue weighted by Gasteiger charge is 2.05. The molecule has 12 heavy (non-hydrogen) atoms. The van der Waals surface area contributed by atoms with Crippen molar-refractivity contribution in [3.63, 3.8) is 0 Å². The molecule has 0 radical (unpaired) electrons. The summed E-state index contributed by atoms with van der Waals surface area (Å²) in [4.78, 5) is 14.6. The van der Waals surface area contributed by atoms with Gasteiger partial charge < -0.3 is 14.4 Å². The molecule has 0 aromatic carbocycles. The van der Waals surface area contributed by atoms with Crippen LogP contribution in [0.2, 0.25) is 0 Å². The molecule has 1 N–H and O–H groups in total. The van der Waals surface area contributed by atoms with Gasteiger partial charge in [-0.05, 0) is 6.92 Å². The third-order valence-corrected chi connectivity index (χ3v) is 1.17. The van der Waals surface area contributed by atoms with Crippen molar-refractivity contribution in [2.75, 3.05) is 0 Å². The van der Waals surface area contributed by atoms with Crippen molar-refractivity contribution in [2.45, 2.75) is 19.8 Å². The van der Waals surface area contributed by atoms with Gasteiger partial charge in [-0.3, -0.25) is 4.79 Å². The Labute approximate surface area is 69.6 Å². The van der Waals surface area contributed by atoms with Gasteiger partial charge in [0.05, 0.1) is 6.33 Å². The van der Waals surface area contributed by atoms with E-state index in [0.717, 1.165) is 0 Å². The maximum atomic E-state index is 10.9. The average Bonchev–Trinajstić information content (AvgIpc) is 2.37. The zero-order valence-electron chi connectivity index (χ0n) is 6.67. The van der Waals surface area contributed by atoms with E-state index in [9.17, 15) is 4.79 Å². The van der Waals surface area contributed by atoms with Crippen molar-refractivity contribution in [2.24, 2.45) is 0 Å². The highest BCUT2D eigenvalue weighted by Crippen LogP contribution is 1.91. The molecule has 1 atom stereocenters. The summed E-state index contributed by atoms with van der Waals surface area (Å²) < 4.78 is 6.05. The van der Waals surface area contributed by atoms with Crippen LogP contribution in [0.4, 0.5) is 0 Å². The van der Waals surface area contributed by atoms with Crippen LogP contribution in [0.15, 0.2) is 18.7 Å². The standard InChI is InChI=1S/C7H10N2O3/c1-6(10)12-7(11)4-9-3-2-8-5-9/h2-3,5-6,10H,4H2,1H3. The van der Waals surface area contributed by atoms with Gasteiger partial charge in [-0.1, -0.05) is 0 Å². The van der Waals surface area contributed by atoms with Crippen LogP contribution in [0.1, 0.15) is 6.92 Å². The molecule has 1 aromatic heterocycles. The molecule has 0 saturated carbocycles. The number of esters is 1. The Morgan fingerprint density at radius 3 is 3.08 bits per heavy atom. The Morgan fingerprint density at radius 2 is 2.58 bits per heavy atom. The van der Waals surface area contributed by atoms with Crippen LogP contribution in [0.5, 0.6) is 0 Å². The van der Waals surface area contributed by atoms with Gasteiger partial charge in [0.2, 0.25) is 0 Å². The molecule has 1 unspecified atom stereocenters. The quantitative estimate of drug-likeness (QED) is 0.502. The summed E-state index contributed by atoms with van der Waals surface area (Å²) in [6.07, 6.45) is 3.66. The third-order valence-electron chi connectivity index (χ3n) is 1.17. The van der Waals surface area contributed by atoms with Crippen LogP contribution in [0, 0.1) is 0 Å². The number of nitrogens with zero attached hydrogens (tertiary/aromatic N) is 2. The summed E-state index contributed by atoms with van der Waals surface area (Å²) in [5.74, 6) is -0.483. The molecule has 1 rings (SSSR count). The molecular formula is C7H10N2O3. The SMILES string of the molecule is CC(O)OC(=O)Cn1ccnc1. The Kier molecular flexibility index (Phi) is 2.82. The summed E-state index contributed by atoms with van der Waals surface area (Å²) in [6.45, 7) is 1.46. The Bertz CT molecular complexity index is 243. The monoisotopic (exact) mass is 170 g/mol. The number of carbonyl (C=O) groups is 1. The highest BCUT2D eigenvalue weighted by atomic mass is 16.6. The molecular weight excluding hydrogens is 160 g/mol. The molecule has 0 aliphatic carbocycles. The second kappa shape index (κ2) is 3.87. The lowest BCUT2D eigenvalue weighted by molar-refractivity contribution is -0.165. The first-order valence-corrected chi connectivity index (χ1v) is 3.52. The predicted octanol–water partition coefficient (Wildman–Crippen LogP) is -0.235. The number of imidazole rings is 1. The molecule has 1 heterocycles.